The van der Waals surface area contributed by atoms with Crippen LogP contribution in [0.4, 0.5) is 0 Å². The van der Waals surface area contributed by atoms with E-state index in [9.17, 15) is 0 Å². The van der Waals surface area contributed by atoms with Gasteiger partial charge in [-0.2, -0.15) is 41.6 Å². The van der Waals surface area contributed by atoms with Gasteiger partial charge in [-0.1, -0.05) is 133 Å². The summed E-state index contributed by atoms with van der Waals surface area (Å²) < 4.78 is 0. The van der Waals surface area contributed by atoms with Crippen molar-refractivity contribution in [3.05, 3.63) is 179 Å². The van der Waals surface area contributed by atoms with Crippen LogP contribution in [0, 0.1) is 33.8 Å². The Labute approximate surface area is 343 Å². The predicted molar refractivity (Wildman–Crippen MR) is 235 cm³/mol. The van der Waals surface area contributed by atoms with Crippen molar-refractivity contribution in [2.24, 2.45) is 0 Å². The van der Waals surface area contributed by atoms with Crippen LogP contribution in [0.2, 0.25) is 0 Å². The molecule has 0 N–H and O–H groups in total. The molecule has 8 aromatic carbocycles. The monoisotopic (exact) mass is 833 g/mol. The maximum Gasteiger partial charge on any atom is 0.0920 e. The molecule has 0 nitrogen and oxygen atoms in total. The zero-order valence-corrected chi connectivity index (χ0v) is 36.9. The van der Waals surface area contributed by atoms with Crippen molar-refractivity contribution in [3.63, 3.8) is 0 Å². The Balaban J connectivity index is 0.000000135. The Morgan fingerprint density at radius 1 is 0.556 bits per heavy atom. The molecule has 270 valence electrons. The van der Waals surface area contributed by atoms with Gasteiger partial charge in [-0.3, -0.25) is 0 Å². The Kier molecular flexibility index (Phi) is 13.8. The molecule has 0 saturated carbocycles. The van der Waals surface area contributed by atoms with E-state index in [1.165, 1.54) is 98.7 Å². The van der Waals surface area contributed by atoms with E-state index in [-0.39, 0.29) is 0 Å². The van der Waals surface area contributed by atoms with Gasteiger partial charge in [-0.15, -0.1) is 74.6 Å². The molecule has 2 radical (unpaired) electrons. The first-order valence-corrected chi connectivity index (χ1v) is 25.9. The maximum atomic E-state index is 4.93. The number of halogens is 2. The van der Waals surface area contributed by atoms with Gasteiger partial charge in [0.25, 0.3) is 0 Å². The summed E-state index contributed by atoms with van der Waals surface area (Å²) in [5.41, 5.74) is 16.6. The molecule has 0 aromatic heterocycles. The first-order chi connectivity index (χ1) is 26.3. The average Bonchev–Trinajstić information content (AvgIpc) is 3.89. The zero-order chi connectivity index (χ0) is 38.2. The van der Waals surface area contributed by atoms with Crippen LogP contribution < -0.4 is 10.4 Å². The van der Waals surface area contributed by atoms with Crippen LogP contribution in [0.1, 0.15) is 47.2 Å². The van der Waals surface area contributed by atoms with Gasteiger partial charge >= 0.3 is 37.9 Å². The fraction of sp³-hybridized carbons (Fsp3) is 0.160. The second-order valence-corrected chi connectivity index (χ2v) is 18.8. The van der Waals surface area contributed by atoms with Gasteiger partial charge in [0.1, 0.15) is 0 Å². The number of rotatable bonds is 4. The van der Waals surface area contributed by atoms with Crippen LogP contribution in [0.3, 0.4) is 0 Å². The van der Waals surface area contributed by atoms with Crippen LogP contribution in [-0.2, 0) is 33.7 Å². The Morgan fingerprint density at radius 3 is 1.50 bits per heavy atom. The number of aryl methyl sites for hydroxylation is 6. The molecule has 0 aliphatic carbocycles. The van der Waals surface area contributed by atoms with Gasteiger partial charge in [0.05, 0.1) is 9.52 Å². The average molecular weight is 836 g/mol. The van der Waals surface area contributed by atoms with Crippen LogP contribution in [0.5, 0.6) is 0 Å². The Morgan fingerprint density at radius 2 is 1.00 bits per heavy atom. The largest absolute Gasteiger partial charge is 0.184 e. The third kappa shape index (κ3) is 8.85. The second-order valence-electron chi connectivity index (χ2n) is 13.8. The summed E-state index contributed by atoms with van der Waals surface area (Å²) in [6, 6.07) is 53.8. The van der Waals surface area contributed by atoms with Gasteiger partial charge in [-0.25, -0.2) is 0 Å². The number of hydrogen-bond donors (Lipinski definition) is 0. The van der Waals surface area contributed by atoms with Gasteiger partial charge in [0.2, 0.25) is 0 Å². The third-order valence-corrected chi connectivity index (χ3v) is 11.5. The van der Waals surface area contributed by atoms with Crippen molar-refractivity contribution in [2.75, 3.05) is 0 Å². The SMILES string of the molecule is CCc1ccccc1-c1c(C)ccc2[cH-]c(C)cc12.CCc1ccccc1-c1c(C)ccc2[cH-]c(C)cc12.[Cl][Zr][Cl].[c-]1cccc2c1[Si]c1ccccc1-2. The van der Waals surface area contributed by atoms with Crippen molar-refractivity contribution >= 4 is 58.5 Å². The molecule has 0 saturated heterocycles. The van der Waals surface area contributed by atoms with Gasteiger partial charge in [0, 0.05) is 0 Å². The molecular formula is C50H45Cl2SiZr-3. The molecule has 9 rings (SSSR count). The zero-order valence-electron chi connectivity index (χ0n) is 31.9. The van der Waals surface area contributed by atoms with E-state index >= 15 is 0 Å². The molecule has 0 bridgehead atoms. The molecule has 0 unspecified atom stereocenters. The van der Waals surface area contributed by atoms with Gasteiger partial charge < -0.3 is 0 Å². The minimum Gasteiger partial charge on any atom is -0.184 e. The molecule has 1 heterocycles. The summed E-state index contributed by atoms with van der Waals surface area (Å²) in [6.07, 6.45) is 2.15. The Bertz CT molecular complexity index is 2330. The Hall–Kier alpha value is -3.78. The summed E-state index contributed by atoms with van der Waals surface area (Å²) >= 11 is -0.826. The van der Waals surface area contributed by atoms with Crippen LogP contribution >= 0.6 is 17.0 Å². The first kappa shape index (κ1) is 39.9. The van der Waals surface area contributed by atoms with E-state index in [2.05, 4.69) is 181 Å². The fourth-order valence-electron chi connectivity index (χ4n) is 7.67. The third-order valence-electron chi connectivity index (χ3n) is 10.2. The number of hydrogen-bond acceptors (Lipinski definition) is 0. The number of fused-ring (bicyclic) bond motifs is 5. The van der Waals surface area contributed by atoms with Crippen molar-refractivity contribution in [1.82, 2.24) is 0 Å². The van der Waals surface area contributed by atoms with E-state index in [4.69, 9.17) is 17.0 Å². The summed E-state index contributed by atoms with van der Waals surface area (Å²) in [5.74, 6) is 0. The summed E-state index contributed by atoms with van der Waals surface area (Å²) in [4.78, 5) is 0. The van der Waals surface area contributed by atoms with Crippen LogP contribution in [0.15, 0.2) is 140 Å². The van der Waals surface area contributed by atoms with E-state index in [1.807, 2.05) is 6.07 Å². The summed E-state index contributed by atoms with van der Waals surface area (Å²) in [6.45, 7) is 13.2. The van der Waals surface area contributed by atoms with Crippen molar-refractivity contribution in [2.45, 2.75) is 54.4 Å². The molecule has 0 atom stereocenters. The molecular weight excluding hydrogens is 791 g/mol. The molecule has 1 aliphatic rings. The van der Waals surface area contributed by atoms with E-state index < -0.39 is 20.8 Å². The van der Waals surface area contributed by atoms with Crippen LogP contribution in [-0.4, -0.2) is 9.52 Å². The van der Waals surface area contributed by atoms with Crippen molar-refractivity contribution in [3.8, 4) is 33.4 Å². The molecule has 0 spiro atoms. The molecule has 0 fully saturated rings. The maximum absolute atomic E-state index is 4.93. The van der Waals surface area contributed by atoms with E-state index in [1.54, 1.807) is 0 Å². The van der Waals surface area contributed by atoms with Crippen LogP contribution in [0.25, 0.3) is 54.9 Å². The van der Waals surface area contributed by atoms with Crippen molar-refractivity contribution < 1.29 is 20.8 Å². The normalized spacial score (nSPS) is 11.0. The number of benzene rings is 6. The van der Waals surface area contributed by atoms with E-state index in [0.29, 0.717) is 0 Å². The van der Waals surface area contributed by atoms with Crippen molar-refractivity contribution in [1.29, 1.82) is 0 Å². The molecule has 1 aliphatic heterocycles. The molecule has 0 amide bonds. The molecule has 54 heavy (non-hydrogen) atoms. The minimum absolute atomic E-state index is 0.795. The first-order valence-electron chi connectivity index (χ1n) is 18.6. The quantitative estimate of drug-likeness (QED) is 0.122. The topological polar surface area (TPSA) is 0 Å². The smallest absolute Gasteiger partial charge is 0.0920 e. The standard InChI is InChI=1S/2C19H19.C12H7Si.2ClH.Zr/c2*1-4-15-7-5-6-8-17(15)19-14(3)9-10-16-11-13(2)12-18(16)19;1-3-7-11-9(5-1)10-6-2-4-8-12(10)13-11;;;/h2*5-12H,4H2,1-3H3;1-7H;2*1H;/q3*-1;;;+2/p-2. The molecule has 8 aromatic rings. The van der Waals surface area contributed by atoms with E-state index in [0.717, 1.165) is 22.4 Å². The van der Waals surface area contributed by atoms with Gasteiger partial charge in [-0.05, 0) is 48.9 Å². The van der Waals surface area contributed by atoms with Gasteiger partial charge in [0.15, 0.2) is 0 Å². The minimum atomic E-state index is -0.826. The molecule has 4 heteroatoms. The second kappa shape index (κ2) is 18.7. The fourth-order valence-corrected chi connectivity index (χ4v) is 8.98. The summed E-state index contributed by atoms with van der Waals surface area (Å²) in [5, 5.41) is 8.30. The predicted octanol–water partition coefficient (Wildman–Crippen LogP) is 13.3. The summed E-state index contributed by atoms with van der Waals surface area (Å²) in [7, 11) is 10.7.